The van der Waals surface area contributed by atoms with E-state index in [0.29, 0.717) is 13.0 Å². The summed E-state index contributed by atoms with van der Waals surface area (Å²) in [7, 11) is 0. The van der Waals surface area contributed by atoms with E-state index in [2.05, 4.69) is 13.8 Å². The molecule has 0 aromatic rings. The van der Waals surface area contributed by atoms with Gasteiger partial charge in [-0.3, -0.25) is 14.4 Å². The van der Waals surface area contributed by atoms with E-state index in [0.717, 1.165) is 38.5 Å². The van der Waals surface area contributed by atoms with Crippen LogP contribution in [0.4, 0.5) is 0 Å². The second-order valence-electron chi connectivity index (χ2n) is 7.86. The van der Waals surface area contributed by atoms with Gasteiger partial charge in [0.2, 0.25) is 0 Å². The molecule has 0 spiro atoms. The SMILES string of the molecule is CCCCCCCCOC(=O)CC(COC(=O)CCCCCCCC)CC(=O)O. The lowest BCUT2D eigenvalue weighted by molar-refractivity contribution is -0.152. The van der Waals surface area contributed by atoms with Crippen LogP contribution < -0.4 is 0 Å². The quantitative estimate of drug-likeness (QED) is 0.204. The molecule has 0 heterocycles. The Bertz CT molecular complexity index is 435. The highest BCUT2D eigenvalue weighted by Crippen LogP contribution is 2.13. The van der Waals surface area contributed by atoms with Crippen LogP contribution in [0.15, 0.2) is 0 Å². The fourth-order valence-electron chi connectivity index (χ4n) is 3.13. The number of esters is 2. The van der Waals surface area contributed by atoms with E-state index in [9.17, 15) is 14.4 Å². The predicted octanol–water partition coefficient (Wildman–Crippen LogP) is 5.66. The van der Waals surface area contributed by atoms with E-state index < -0.39 is 17.9 Å². The van der Waals surface area contributed by atoms with Crippen LogP contribution in [0.5, 0.6) is 0 Å². The van der Waals surface area contributed by atoms with E-state index in [-0.39, 0.29) is 25.4 Å². The van der Waals surface area contributed by atoms with E-state index in [1.54, 1.807) is 0 Å². The number of hydrogen-bond acceptors (Lipinski definition) is 5. The number of carbonyl (C=O) groups excluding carboxylic acids is 2. The van der Waals surface area contributed by atoms with Gasteiger partial charge in [0.25, 0.3) is 0 Å². The molecule has 0 radical (unpaired) electrons. The van der Waals surface area contributed by atoms with Crippen molar-refractivity contribution >= 4 is 17.9 Å². The monoisotopic (exact) mass is 414 g/mol. The van der Waals surface area contributed by atoms with Crippen LogP contribution >= 0.6 is 0 Å². The van der Waals surface area contributed by atoms with Gasteiger partial charge in [0.15, 0.2) is 0 Å². The average molecular weight is 415 g/mol. The lowest BCUT2D eigenvalue weighted by Gasteiger charge is -2.15. The summed E-state index contributed by atoms with van der Waals surface area (Å²) in [6.45, 7) is 4.65. The van der Waals surface area contributed by atoms with Crippen LogP contribution in [0.2, 0.25) is 0 Å². The van der Waals surface area contributed by atoms with Crippen LogP contribution in [0.25, 0.3) is 0 Å². The molecule has 1 atom stereocenters. The van der Waals surface area contributed by atoms with Gasteiger partial charge in [-0.15, -0.1) is 0 Å². The third-order valence-electron chi connectivity index (χ3n) is 4.89. The van der Waals surface area contributed by atoms with E-state index in [4.69, 9.17) is 14.6 Å². The highest BCUT2D eigenvalue weighted by molar-refractivity contribution is 5.72. The van der Waals surface area contributed by atoms with Crippen molar-refractivity contribution in [1.82, 2.24) is 0 Å². The fourth-order valence-corrected chi connectivity index (χ4v) is 3.13. The van der Waals surface area contributed by atoms with Gasteiger partial charge in [0, 0.05) is 12.3 Å². The Balaban J connectivity index is 3.98. The second-order valence-corrected chi connectivity index (χ2v) is 7.86. The molecule has 0 aliphatic carbocycles. The topological polar surface area (TPSA) is 89.9 Å². The average Bonchev–Trinajstić information content (AvgIpc) is 2.67. The normalized spacial score (nSPS) is 11.8. The van der Waals surface area contributed by atoms with E-state index in [1.807, 2.05) is 0 Å². The molecule has 0 saturated carbocycles. The molecule has 0 fully saturated rings. The first-order valence-electron chi connectivity index (χ1n) is 11.5. The predicted molar refractivity (Wildman–Crippen MR) is 114 cm³/mol. The Labute approximate surface area is 176 Å². The zero-order chi connectivity index (χ0) is 21.7. The first-order chi connectivity index (χ1) is 14.0. The van der Waals surface area contributed by atoms with Crippen LogP contribution in [0, 0.1) is 5.92 Å². The fraction of sp³-hybridized carbons (Fsp3) is 0.870. The third kappa shape index (κ3) is 19.5. The first-order valence-corrected chi connectivity index (χ1v) is 11.5. The summed E-state index contributed by atoms with van der Waals surface area (Å²) in [6.07, 6.45) is 13.2. The Morgan fingerprint density at radius 2 is 1.24 bits per heavy atom. The van der Waals surface area contributed by atoms with Gasteiger partial charge < -0.3 is 14.6 Å². The van der Waals surface area contributed by atoms with Crippen LogP contribution in [0.1, 0.15) is 110 Å². The Kier molecular flexibility index (Phi) is 18.6. The summed E-state index contributed by atoms with van der Waals surface area (Å²) in [5, 5.41) is 9.03. The molecule has 0 bridgehead atoms. The number of carbonyl (C=O) groups is 3. The molecule has 1 N–H and O–H groups in total. The molecule has 0 amide bonds. The molecule has 0 rings (SSSR count). The summed E-state index contributed by atoms with van der Waals surface area (Å²) in [5.74, 6) is -2.29. The summed E-state index contributed by atoms with van der Waals surface area (Å²) in [6, 6.07) is 0. The minimum atomic E-state index is -1.01. The zero-order valence-electron chi connectivity index (χ0n) is 18.6. The van der Waals surface area contributed by atoms with E-state index in [1.165, 1.54) is 38.5 Å². The summed E-state index contributed by atoms with van der Waals surface area (Å²) in [5.41, 5.74) is 0. The largest absolute Gasteiger partial charge is 0.481 e. The molecule has 0 aliphatic heterocycles. The minimum absolute atomic E-state index is 0.0353. The molecule has 6 nitrogen and oxygen atoms in total. The Morgan fingerprint density at radius 1 is 0.690 bits per heavy atom. The summed E-state index contributed by atoms with van der Waals surface area (Å²) in [4.78, 5) is 34.8. The molecule has 6 heteroatoms. The van der Waals surface area contributed by atoms with Crippen molar-refractivity contribution in [3.8, 4) is 0 Å². The molecule has 0 saturated heterocycles. The lowest BCUT2D eigenvalue weighted by atomic mass is 10.0. The van der Waals surface area contributed by atoms with Gasteiger partial charge in [-0.2, -0.15) is 0 Å². The van der Waals surface area contributed by atoms with Gasteiger partial charge >= 0.3 is 17.9 Å². The molecule has 0 aromatic heterocycles. The van der Waals surface area contributed by atoms with Gasteiger partial charge in [-0.05, 0) is 12.8 Å². The standard InChI is InChI=1S/C23H42O6/c1-3-5-7-9-11-13-15-22(26)29-19-20(17-21(24)25)18-23(27)28-16-14-12-10-8-6-4-2/h20H,3-19H2,1-2H3,(H,24,25). The number of aliphatic carboxylic acids is 1. The van der Waals surface area contributed by atoms with Crippen molar-refractivity contribution in [2.75, 3.05) is 13.2 Å². The molecule has 29 heavy (non-hydrogen) atoms. The minimum Gasteiger partial charge on any atom is -0.481 e. The lowest BCUT2D eigenvalue weighted by Crippen LogP contribution is -2.21. The highest BCUT2D eigenvalue weighted by atomic mass is 16.5. The number of unbranched alkanes of at least 4 members (excludes halogenated alkanes) is 10. The van der Waals surface area contributed by atoms with Crippen molar-refractivity contribution in [2.45, 2.75) is 110 Å². The maximum absolute atomic E-state index is 12.0. The molecule has 1 unspecified atom stereocenters. The summed E-state index contributed by atoms with van der Waals surface area (Å²) < 4.78 is 10.4. The van der Waals surface area contributed by atoms with Crippen molar-refractivity contribution in [3.05, 3.63) is 0 Å². The van der Waals surface area contributed by atoms with Crippen LogP contribution in [-0.2, 0) is 23.9 Å². The van der Waals surface area contributed by atoms with Crippen LogP contribution in [-0.4, -0.2) is 36.2 Å². The second kappa shape index (κ2) is 19.7. The third-order valence-corrected chi connectivity index (χ3v) is 4.89. The maximum Gasteiger partial charge on any atom is 0.306 e. The number of carboxylic acid groups (broad SMARTS) is 1. The Hall–Kier alpha value is -1.59. The molecular formula is C23H42O6. The van der Waals surface area contributed by atoms with Gasteiger partial charge in [-0.25, -0.2) is 0 Å². The van der Waals surface area contributed by atoms with E-state index >= 15 is 0 Å². The Morgan fingerprint density at radius 3 is 1.83 bits per heavy atom. The van der Waals surface area contributed by atoms with Gasteiger partial charge in [0.1, 0.15) is 0 Å². The van der Waals surface area contributed by atoms with Gasteiger partial charge in [-0.1, -0.05) is 78.1 Å². The number of ether oxygens (including phenoxy) is 2. The molecule has 170 valence electrons. The highest BCUT2D eigenvalue weighted by Gasteiger charge is 2.20. The van der Waals surface area contributed by atoms with Crippen molar-refractivity contribution in [3.63, 3.8) is 0 Å². The summed E-state index contributed by atoms with van der Waals surface area (Å²) >= 11 is 0. The molecular weight excluding hydrogens is 372 g/mol. The van der Waals surface area contributed by atoms with Crippen molar-refractivity contribution in [1.29, 1.82) is 0 Å². The number of rotatable bonds is 20. The number of hydrogen-bond donors (Lipinski definition) is 1. The van der Waals surface area contributed by atoms with Crippen molar-refractivity contribution < 1.29 is 29.0 Å². The van der Waals surface area contributed by atoms with Crippen molar-refractivity contribution in [2.24, 2.45) is 5.92 Å². The maximum atomic E-state index is 12.0. The number of carboxylic acids is 1. The molecule has 0 aromatic carbocycles. The zero-order valence-corrected chi connectivity index (χ0v) is 18.6. The smallest absolute Gasteiger partial charge is 0.306 e. The van der Waals surface area contributed by atoms with Gasteiger partial charge in [0.05, 0.1) is 26.1 Å². The van der Waals surface area contributed by atoms with Crippen LogP contribution in [0.3, 0.4) is 0 Å². The first kappa shape index (κ1) is 27.4. The molecule has 0 aliphatic rings.